The standard InChI is InChI=1S/C18H20N2OS2/c1-2-22-16-7-5-15(6-8-16)18-20(17(21)13-23-18)11-9-14-4-3-10-19-12-14/h3-8,10,12,18H,2,9,11,13H2,1H3. The number of amides is 1. The van der Waals surface area contributed by atoms with E-state index in [0.717, 1.165) is 18.7 Å². The van der Waals surface area contributed by atoms with Crippen LogP contribution >= 0.6 is 23.5 Å². The van der Waals surface area contributed by atoms with Crippen LogP contribution in [0.25, 0.3) is 0 Å². The smallest absolute Gasteiger partial charge is 0.233 e. The van der Waals surface area contributed by atoms with E-state index in [1.165, 1.54) is 16.0 Å². The van der Waals surface area contributed by atoms with Crippen LogP contribution < -0.4 is 0 Å². The summed E-state index contributed by atoms with van der Waals surface area (Å²) in [5.74, 6) is 1.88. The van der Waals surface area contributed by atoms with E-state index in [1.54, 1.807) is 18.0 Å². The zero-order chi connectivity index (χ0) is 16.1. The van der Waals surface area contributed by atoms with Crippen LogP contribution in [0.5, 0.6) is 0 Å². The lowest BCUT2D eigenvalue weighted by Gasteiger charge is -2.24. The van der Waals surface area contributed by atoms with Gasteiger partial charge >= 0.3 is 0 Å². The van der Waals surface area contributed by atoms with Crippen molar-refractivity contribution in [1.29, 1.82) is 0 Å². The SMILES string of the molecule is CCSc1ccc(C2SCC(=O)N2CCc2cccnc2)cc1. The topological polar surface area (TPSA) is 33.2 Å². The van der Waals surface area contributed by atoms with Crippen molar-refractivity contribution in [2.75, 3.05) is 18.1 Å². The summed E-state index contributed by atoms with van der Waals surface area (Å²) in [4.78, 5) is 19.7. The second-order valence-corrected chi connectivity index (χ2v) is 7.77. The molecule has 0 spiro atoms. The second kappa shape index (κ2) is 7.88. The van der Waals surface area contributed by atoms with Gasteiger partial charge in [-0.15, -0.1) is 23.5 Å². The van der Waals surface area contributed by atoms with Crippen molar-refractivity contribution in [2.45, 2.75) is 23.6 Å². The first-order valence-electron chi connectivity index (χ1n) is 7.80. The van der Waals surface area contributed by atoms with Gasteiger partial charge in [0.15, 0.2) is 0 Å². The first-order chi connectivity index (χ1) is 11.3. The molecule has 1 aromatic carbocycles. The highest BCUT2D eigenvalue weighted by atomic mass is 32.2. The van der Waals surface area contributed by atoms with Gasteiger partial charge in [0, 0.05) is 23.8 Å². The normalized spacial score (nSPS) is 17.7. The maximum absolute atomic E-state index is 12.2. The number of rotatable bonds is 6. The molecular weight excluding hydrogens is 324 g/mol. The van der Waals surface area contributed by atoms with Crippen LogP contribution in [-0.2, 0) is 11.2 Å². The van der Waals surface area contributed by atoms with Gasteiger partial charge in [0.1, 0.15) is 5.37 Å². The van der Waals surface area contributed by atoms with Crippen LogP contribution in [0.3, 0.4) is 0 Å². The highest BCUT2D eigenvalue weighted by molar-refractivity contribution is 8.00. The van der Waals surface area contributed by atoms with Crippen LogP contribution in [0.2, 0.25) is 0 Å². The maximum atomic E-state index is 12.2. The van der Waals surface area contributed by atoms with Crippen molar-refractivity contribution in [3.05, 3.63) is 59.9 Å². The number of thioether (sulfide) groups is 2. The van der Waals surface area contributed by atoms with Gasteiger partial charge in [0.2, 0.25) is 5.91 Å². The number of hydrogen-bond donors (Lipinski definition) is 0. The van der Waals surface area contributed by atoms with Gasteiger partial charge in [0.25, 0.3) is 0 Å². The summed E-state index contributed by atoms with van der Waals surface area (Å²) < 4.78 is 0. The minimum atomic E-state index is 0.139. The first-order valence-corrected chi connectivity index (χ1v) is 9.84. The summed E-state index contributed by atoms with van der Waals surface area (Å²) in [6, 6.07) is 12.6. The molecule has 0 radical (unpaired) electrons. The van der Waals surface area contributed by atoms with E-state index in [4.69, 9.17) is 0 Å². The van der Waals surface area contributed by atoms with Gasteiger partial charge in [-0.3, -0.25) is 9.78 Å². The number of aromatic nitrogens is 1. The molecule has 3 rings (SSSR count). The fraction of sp³-hybridized carbons (Fsp3) is 0.333. The molecule has 1 aliphatic heterocycles. The fourth-order valence-electron chi connectivity index (χ4n) is 2.66. The molecule has 120 valence electrons. The molecule has 1 amide bonds. The summed E-state index contributed by atoms with van der Waals surface area (Å²) in [5.41, 5.74) is 2.39. The number of hydrogen-bond acceptors (Lipinski definition) is 4. The fourth-order valence-corrected chi connectivity index (χ4v) is 4.54. The highest BCUT2D eigenvalue weighted by Crippen LogP contribution is 2.39. The van der Waals surface area contributed by atoms with Crippen molar-refractivity contribution < 1.29 is 4.79 Å². The minimum absolute atomic E-state index is 0.139. The van der Waals surface area contributed by atoms with Crippen LogP contribution in [0, 0.1) is 0 Å². The molecule has 1 aromatic heterocycles. The third-order valence-electron chi connectivity index (χ3n) is 3.81. The molecule has 5 heteroatoms. The lowest BCUT2D eigenvalue weighted by Crippen LogP contribution is -2.30. The third-order valence-corrected chi connectivity index (χ3v) is 5.96. The Kier molecular flexibility index (Phi) is 5.62. The Hall–Kier alpha value is -1.46. The molecule has 1 unspecified atom stereocenters. The van der Waals surface area contributed by atoms with Gasteiger partial charge in [-0.1, -0.05) is 25.1 Å². The van der Waals surface area contributed by atoms with E-state index in [9.17, 15) is 4.79 Å². The molecule has 0 saturated carbocycles. The average Bonchev–Trinajstić information content (AvgIpc) is 2.96. The number of nitrogens with zero attached hydrogens (tertiary/aromatic N) is 2. The van der Waals surface area contributed by atoms with E-state index in [0.29, 0.717) is 5.75 Å². The quantitative estimate of drug-likeness (QED) is 0.741. The molecule has 2 heterocycles. The van der Waals surface area contributed by atoms with Crippen molar-refractivity contribution in [3.63, 3.8) is 0 Å². The van der Waals surface area contributed by atoms with Gasteiger partial charge in [-0.05, 0) is 41.5 Å². The minimum Gasteiger partial charge on any atom is -0.325 e. The summed E-state index contributed by atoms with van der Waals surface area (Å²) in [6.45, 7) is 2.90. The largest absolute Gasteiger partial charge is 0.325 e. The molecule has 23 heavy (non-hydrogen) atoms. The summed E-state index contributed by atoms with van der Waals surface area (Å²) >= 11 is 3.56. The zero-order valence-corrected chi connectivity index (χ0v) is 14.8. The lowest BCUT2D eigenvalue weighted by atomic mass is 10.1. The van der Waals surface area contributed by atoms with Crippen molar-refractivity contribution in [3.8, 4) is 0 Å². The predicted octanol–water partition coefficient (Wildman–Crippen LogP) is 4.01. The zero-order valence-electron chi connectivity index (χ0n) is 13.1. The summed E-state index contributed by atoms with van der Waals surface area (Å²) in [5, 5.41) is 0.139. The number of benzene rings is 1. The van der Waals surface area contributed by atoms with Gasteiger partial charge in [-0.2, -0.15) is 0 Å². The first kappa shape index (κ1) is 16.4. The van der Waals surface area contributed by atoms with Crippen molar-refractivity contribution in [1.82, 2.24) is 9.88 Å². The van der Waals surface area contributed by atoms with Gasteiger partial charge in [0.05, 0.1) is 5.75 Å². The molecular formula is C18H20N2OS2. The average molecular weight is 345 g/mol. The maximum Gasteiger partial charge on any atom is 0.233 e. The van der Waals surface area contributed by atoms with Crippen LogP contribution in [0.15, 0.2) is 53.7 Å². The highest BCUT2D eigenvalue weighted by Gasteiger charge is 2.32. The van der Waals surface area contributed by atoms with Gasteiger partial charge < -0.3 is 4.90 Å². The Morgan fingerprint density at radius 3 is 2.83 bits per heavy atom. The predicted molar refractivity (Wildman–Crippen MR) is 97.7 cm³/mol. The van der Waals surface area contributed by atoms with E-state index in [2.05, 4.69) is 42.2 Å². The number of carbonyl (C=O) groups excluding carboxylic acids is 1. The van der Waals surface area contributed by atoms with E-state index < -0.39 is 0 Å². The lowest BCUT2D eigenvalue weighted by molar-refractivity contribution is -0.128. The third kappa shape index (κ3) is 4.09. The van der Waals surface area contributed by atoms with E-state index in [-0.39, 0.29) is 11.3 Å². The van der Waals surface area contributed by atoms with Crippen LogP contribution in [0.4, 0.5) is 0 Å². The number of pyridine rings is 1. The Morgan fingerprint density at radius 2 is 2.13 bits per heavy atom. The van der Waals surface area contributed by atoms with Crippen molar-refractivity contribution in [2.24, 2.45) is 0 Å². The molecule has 1 fully saturated rings. The Morgan fingerprint density at radius 1 is 1.30 bits per heavy atom. The van der Waals surface area contributed by atoms with E-state index in [1.807, 2.05) is 28.9 Å². The van der Waals surface area contributed by atoms with Crippen LogP contribution in [0.1, 0.15) is 23.4 Å². The van der Waals surface area contributed by atoms with Crippen LogP contribution in [-0.4, -0.2) is 33.8 Å². The molecule has 2 aromatic rings. The molecule has 1 saturated heterocycles. The molecule has 0 N–H and O–H groups in total. The number of carbonyl (C=O) groups is 1. The molecule has 0 aliphatic carbocycles. The Balaban J connectivity index is 1.69. The molecule has 0 bridgehead atoms. The van der Waals surface area contributed by atoms with Gasteiger partial charge in [-0.25, -0.2) is 0 Å². The summed E-state index contributed by atoms with van der Waals surface area (Å²) in [6.07, 6.45) is 4.50. The van der Waals surface area contributed by atoms with Crippen molar-refractivity contribution >= 4 is 29.4 Å². The Labute approximate surface area is 145 Å². The second-order valence-electron chi connectivity index (χ2n) is 5.36. The molecule has 3 nitrogen and oxygen atoms in total. The monoisotopic (exact) mass is 344 g/mol. The van der Waals surface area contributed by atoms with E-state index >= 15 is 0 Å². The Bertz CT molecular complexity index is 646. The summed E-state index contributed by atoms with van der Waals surface area (Å²) in [7, 11) is 0. The molecule has 1 aliphatic rings. The molecule has 1 atom stereocenters.